The van der Waals surface area contributed by atoms with Crippen molar-refractivity contribution in [2.75, 3.05) is 32.2 Å². The number of aromatic nitrogens is 2. The van der Waals surface area contributed by atoms with E-state index in [-0.39, 0.29) is 36.7 Å². The number of pyridine rings is 1. The molecule has 2 N–H and O–H groups in total. The fourth-order valence-electron chi connectivity index (χ4n) is 4.63. The van der Waals surface area contributed by atoms with Crippen LogP contribution in [0.25, 0.3) is 0 Å². The largest absolute Gasteiger partial charge is 0.497 e. The van der Waals surface area contributed by atoms with Gasteiger partial charge in [0.2, 0.25) is 5.91 Å². The Morgan fingerprint density at radius 3 is 2.70 bits per heavy atom. The first-order valence-corrected chi connectivity index (χ1v) is 12.4. The summed E-state index contributed by atoms with van der Waals surface area (Å²) in [7, 11) is 1.52. The molecule has 1 aliphatic heterocycles. The minimum atomic E-state index is -2.65. The van der Waals surface area contributed by atoms with Crippen LogP contribution in [-0.2, 0) is 32.6 Å². The Hall–Kier alpha value is -4.13. The number of methoxy groups -OCH3 is 1. The Labute approximate surface area is 227 Å². The van der Waals surface area contributed by atoms with Crippen LogP contribution in [0.1, 0.15) is 42.5 Å². The number of amides is 2. The van der Waals surface area contributed by atoms with Gasteiger partial charge in [-0.05, 0) is 29.7 Å². The third-order valence-corrected chi connectivity index (χ3v) is 6.50. The Kier molecular flexibility index (Phi) is 8.62. The monoisotopic (exact) mass is 562 g/mol. The summed E-state index contributed by atoms with van der Waals surface area (Å²) in [5.41, 5.74) is -0.105. The lowest BCUT2D eigenvalue weighted by Gasteiger charge is -2.36. The SMILES string of the molecule is COc1ccc2c(c1)CCN(C(=O)Cc1cc(=O)[nH]o1)C2C(=O)Nc1cnc(C(C)(C)COCC(F)F)c(F)c1. The lowest BCUT2D eigenvalue weighted by molar-refractivity contribution is -0.139. The number of anilines is 1. The van der Waals surface area contributed by atoms with Crippen LogP contribution in [0, 0.1) is 5.82 Å². The van der Waals surface area contributed by atoms with E-state index in [0.717, 1.165) is 17.7 Å². The standard InChI is InChI=1S/C27H29F3N4O6/c1-27(2,14-39-13-21(29)30)25-20(28)9-16(12-31-25)32-26(37)24-19-5-4-17(38-3)8-15(19)6-7-34(24)23(36)11-18-10-22(35)33-40-18/h4-5,8-10,12,21,24H,6-7,11,13-14H2,1-3H3,(H,32,37)(H,33,35). The number of carbonyl (C=O) groups is 2. The minimum absolute atomic E-state index is 0.0142. The van der Waals surface area contributed by atoms with Gasteiger partial charge in [-0.15, -0.1) is 0 Å². The fourth-order valence-corrected chi connectivity index (χ4v) is 4.63. The molecule has 0 aliphatic carbocycles. The molecule has 1 aliphatic rings. The highest BCUT2D eigenvalue weighted by Gasteiger charge is 2.37. The summed E-state index contributed by atoms with van der Waals surface area (Å²) in [4.78, 5) is 43.7. The molecule has 10 nitrogen and oxygen atoms in total. The number of ether oxygens (including phenoxy) is 2. The van der Waals surface area contributed by atoms with Gasteiger partial charge >= 0.3 is 0 Å². The Morgan fingerprint density at radius 1 is 1.27 bits per heavy atom. The van der Waals surface area contributed by atoms with Crippen molar-refractivity contribution in [3.8, 4) is 5.75 Å². The predicted molar refractivity (Wildman–Crippen MR) is 137 cm³/mol. The maximum atomic E-state index is 15.1. The normalized spacial score (nSPS) is 15.2. The van der Waals surface area contributed by atoms with Crippen LogP contribution in [0.15, 0.2) is 45.8 Å². The molecule has 40 heavy (non-hydrogen) atoms. The van der Waals surface area contributed by atoms with Crippen LogP contribution in [0.2, 0.25) is 0 Å². The zero-order valence-electron chi connectivity index (χ0n) is 22.1. The van der Waals surface area contributed by atoms with Crippen LogP contribution < -0.4 is 15.6 Å². The van der Waals surface area contributed by atoms with Gasteiger partial charge in [0, 0.05) is 24.1 Å². The Morgan fingerprint density at radius 2 is 2.05 bits per heavy atom. The number of H-pyrrole nitrogens is 1. The average molecular weight is 563 g/mol. The van der Waals surface area contributed by atoms with Crippen molar-refractivity contribution in [2.24, 2.45) is 0 Å². The lowest BCUT2D eigenvalue weighted by Crippen LogP contribution is -2.46. The molecule has 0 saturated heterocycles. The first-order chi connectivity index (χ1) is 19.0. The summed E-state index contributed by atoms with van der Waals surface area (Å²) in [5, 5.41) is 4.77. The highest BCUT2D eigenvalue weighted by atomic mass is 19.3. The number of rotatable bonds is 10. The van der Waals surface area contributed by atoms with Crippen molar-refractivity contribution in [1.29, 1.82) is 0 Å². The van der Waals surface area contributed by atoms with Gasteiger partial charge in [-0.3, -0.25) is 19.4 Å². The summed E-state index contributed by atoms with van der Waals surface area (Å²) in [6.07, 6.45) is -1.19. The number of nitrogens with one attached hydrogen (secondary N) is 2. The zero-order chi connectivity index (χ0) is 29.0. The van der Waals surface area contributed by atoms with Crippen molar-refractivity contribution in [3.63, 3.8) is 0 Å². The van der Waals surface area contributed by atoms with E-state index in [0.29, 0.717) is 17.7 Å². The molecule has 0 radical (unpaired) electrons. The number of fused-ring (bicyclic) bond motifs is 1. The summed E-state index contributed by atoms with van der Waals surface area (Å²) in [6, 6.07) is 6.32. The van der Waals surface area contributed by atoms with Crippen LogP contribution in [0.5, 0.6) is 5.75 Å². The summed E-state index contributed by atoms with van der Waals surface area (Å²) in [6.45, 7) is 2.44. The van der Waals surface area contributed by atoms with Crippen molar-refractivity contribution < 1.29 is 36.8 Å². The number of halogens is 3. The second kappa shape index (κ2) is 11.9. The molecule has 2 aromatic heterocycles. The first-order valence-electron chi connectivity index (χ1n) is 12.4. The number of alkyl halides is 2. The van der Waals surface area contributed by atoms with E-state index in [2.05, 4.69) is 15.5 Å². The fraction of sp³-hybridized carbons (Fsp3) is 0.407. The van der Waals surface area contributed by atoms with E-state index < -0.39 is 47.7 Å². The maximum absolute atomic E-state index is 15.1. The van der Waals surface area contributed by atoms with Gasteiger partial charge in [-0.25, -0.2) is 13.2 Å². The Balaban J connectivity index is 1.58. The topological polar surface area (TPSA) is 127 Å². The van der Waals surface area contributed by atoms with Gasteiger partial charge in [-0.2, -0.15) is 5.16 Å². The Bertz CT molecular complexity index is 1440. The van der Waals surface area contributed by atoms with Gasteiger partial charge in [0.1, 0.15) is 30.0 Å². The van der Waals surface area contributed by atoms with Crippen LogP contribution in [0.4, 0.5) is 18.9 Å². The number of hydrogen-bond donors (Lipinski definition) is 2. The molecular formula is C27H29F3N4O6. The third kappa shape index (κ3) is 6.53. The van der Waals surface area contributed by atoms with E-state index in [9.17, 15) is 23.2 Å². The van der Waals surface area contributed by atoms with Gasteiger partial charge in [0.25, 0.3) is 17.9 Å². The summed E-state index contributed by atoms with van der Waals surface area (Å²) in [5.74, 6) is -1.10. The number of benzene rings is 1. The van der Waals surface area contributed by atoms with Crippen LogP contribution in [0.3, 0.4) is 0 Å². The summed E-state index contributed by atoms with van der Waals surface area (Å²) < 4.78 is 55.2. The molecule has 0 spiro atoms. The van der Waals surface area contributed by atoms with E-state index in [1.165, 1.54) is 18.2 Å². The number of aromatic amines is 1. The van der Waals surface area contributed by atoms with E-state index in [4.69, 9.17) is 14.0 Å². The second-order valence-corrected chi connectivity index (χ2v) is 9.99. The average Bonchev–Trinajstić information content (AvgIpc) is 3.31. The van der Waals surface area contributed by atoms with Crippen LogP contribution >= 0.6 is 0 Å². The molecule has 1 aromatic carbocycles. The van der Waals surface area contributed by atoms with Gasteiger partial charge in [-0.1, -0.05) is 19.9 Å². The number of nitrogens with zero attached hydrogens (tertiary/aromatic N) is 2. The molecular weight excluding hydrogens is 533 g/mol. The molecule has 2 amide bonds. The first kappa shape index (κ1) is 28.9. The third-order valence-electron chi connectivity index (χ3n) is 6.50. The van der Waals surface area contributed by atoms with E-state index >= 15 is 4.39 Å². The highest BCUT2D eigenvalue weighted by Crippen LogP contribution is 2.34. The molecule has 3 aromatic rings. The van der Waals surface area contributed by atoms with Crippen LogP contribution in [-0.4, -0.2) is 60.1 Å². The molecule has 214 valence electrons. The van der Waals surface area contributed by atoms with Crippen molar-refractivity contribution in [2.45, 2.75) is 44.6 Å². The second-order valence-electron chi connectivity index (χ2n) is 9.99. The molecule has 1 unspecified atom stereocenters. The smallest absolute Gasteiger partial charge is 0.280 e. The summed E-state index contributed by atoms with van der Waals surface area (Å²) >= 11 is 0. The molecule has 13 heteroatoms. The maximum Gasteiger partial charge on any atom is 0.280 e. The number of hydrogen-bond acceptors (Lipinski definition) is 7. The molecule has 1 atom stereocenters. The molecule has 3 heterocycles. The van der Waals surface area contributed by atoms with Crippen molar-refractivity contribution >= 4 is 17.5 Å². The quantitative estimate of drug-likeness (QED) is 0.388. The van der Waals surface area contributed by atoms with Crippen molar-refractivity contribution in [1.82, 2.24) is 15.0 Å². The van der Waals surface area contributed by atoms with Gasteiger partial charge in [0.15, 0.2) is 0 Å². The lowest BCUT2D eigenvalue weighted by atomic mass is 9.89. The van der Waals surface area contributed by atoms with E-state index in [1.807, 2.05) is 0 Å². The predicted octanol–water partition coefficient (Wildman–Crippen LogP) is 3.38. The molecule has 0 saturated carbocycles. The minimum Gasteiger partial charge on any atom is -0.497 e. The van der Waals surface area contributed by atoms with Gasteiger partial charge in [0.05, 0.1) is 37.7 Å². The molecule has 0 bridgehead atoms. The number of carbonyl (C=O) groups excluding carboxylic acids is 2. The van der Waals surface area contributed by atoms with Gasteiger partial charge < -0.3 is 24.2 Å². The molecule has 4 rings (SSSR count). The molecule has 0 fully saturated rings. The highest BCUT2D eigenvalue weighted by molar-refractivity contribution is 5.98. The zero-order valence-corrected chi connectivity index (χ0v) is 22.1. The van der Waals surface area contributed by atoms with Crippen molar-refractivity contribution in [3.05, 3.63) is 75.3 Å². The van der Waals surface area contributed by atoms with E-state index in [1.54, 1.807) is 32.0 Å².